The predicted octanol–water partition coefficient (Wildman–Crippen LogP) is 15.8. The number of nitrogens with zero attached hydrogens (tertiary/aromatic N) is 2. The summed E-state index contributed by atoms with van der Waals surface area (Å²) in [5.41, 5.74) is 13.2. The van der Waals surface area contributed by atoms with E-state index in [1.807, 2.05) is 0 Å². The van der Waals surface area contributed by atoms with E-state index in [-0.39, 0.29) is 0 Å². The Morgan fingerprint density at radius 1 is 0.356 bits per heavy atom. The van der Waals surface area contributed by atoms with Crippen LogP contribution < -0.4 is 4.90 Å². The van der Waals surface area contributed by atoms with Crippen LogP contribution in [0.4, 0.5) is 17.1 Å². The molecule has 0 fully saturated rings. The first kappa shape index (κ1) is 33.3. The van der Waals surface area contributed by atoms with Crippen LogP contribution in [-0.2, 0) is 0 Å². The topological polar surface area (TPSA) is 21.3 Å². The number of fused-ring (bicyclic) bond motifs is 9. The molecule has 0 radical (unpaired) electrons. The molecule has 12 aromatic rings. The van der Waals surface area contributed by atoms with E-state index in [1.54, 1.807) is 0 Å². The van der Waals surface area contributed by atoms with E-state index < -0.39 is 0 Å². The Morgan fingerprint density at radius 2 is 0.932 bits per heavy atom. The van der Waals surface area contributed by atoms with Gasteiger partial charge in [0.2, 0.25) is 0 Å². The lowest BCUT2D eigenvalue weighted by Crippen LogP contribution is -2.11. The molecule has 0 unspecified atom stereocenters. The molecule has 10 aromatic carbocycles. The summed E-state index contributed by atoms with van der Waals surface area (Å²) in [7, 11) is 0. The van der Waals surface area contributed by atoms with Gasteiger partial charge >= 0.3 is 0 Å². The summed E-state index contributed by atoms with van der Waals surface area (Å²) in [5.74, 6) is 0. The molecule has 2 aromatic heterocycles. The van der Waals surface area contributed by atoms with Crippen molar-refractivity contribution in [3.8, 4) is 27.9 Å². The summed E-state index contributed by atoms with van der Waals surface area (Å²) in [6, 6.07) is 78.8. The molecule has 2 heterocycles. The third-order valence-corrected chi connectivity index (χ3v) is 12.0. The largest absolute Gasteiger partial charge is 0.455 e. The van der Waals surface area contributed by atoms with Crippen LogP contribution >= 0.6 is 0 Å². The van der Waals surface area contributed by atoms with Gasteiger partial charge in [0.15, 0.2) is 0 Å². The van der Waals surface area contributed by atoms with Crippen molar-refractivity contribution in [3.63, 3.8) is 0 Å². The molecule has 12 rings (SSSR count). The molecule has 0 bridgehead atoms. The zero-order valence-electron chi connectivity index (χ0n) is 32.1. The van der Waals surface area contributed by atoms with Gasteiger partial charge in [-0.2, -0.15) is 0 Å². The summed E-state index contributed by atoms with van der Waals surface area (Å²) >= 11 is 0. The van der Waals surface area contributed by atoms with Gasteiger partial charge in [0, 0.05) is 49.6 Å². The molecule has 3 nitrogen and oxygen atoms in total. The second-order valence-corrected chi connectivity index (χ2v) is 15.3. The summed E-state index contributed by atoms with van der Waals surface area (Å²) in [4.78, 5) is 2.39. The molecule has 59 heavy (non-hydrogen) atoms. The molecular weight excluding hydrogens is 717 g/mol. The first-order valence-corrected chi connectivity index (χ1v) is 20.2. The first-order chi connectivity index (χ1) is 29.2. The SMILES string of the molecule is c1ccc(N(c2ccc(-c3ccc4ccccc4c3)cc2)c2ccc(-n3c4ccccc4c4ccccc43)cc2)c(-c2ccc3oc4c5ccccc5ccc4c3c2)c1. The molecule has 0 N–H and O–H groups in total. The number of hydrogen-bond donors (Lipinski definition) is 0. The Balaban J connectivity index is 1.01. The molecule has 0 spiro atoms. The highest BCUT2D eigenvalue weighted by atomic mass is 16.3. The Kier molecular flexibility index (Phi) is 7.54. The molecule has 3 heteroatoms. The van der Waals surface area contributed by atoms with Crippen molar-refractivity contribution in [1.29, 1.82) is 0 Å². The van der Waals surface area contributed by atoms with Gasteiger partial charge in [0.1, 0.15) is 11.2 Å². The average molecular weight is 753 g/mol. The van der Waals surface area contributed by atoms with Crippen molar-refractivity contribution in [3.05, 3.63) is 218 Å². The van der Waals surface area contributed by atoms with E-state index >= 15 is 0 Å². The van der Waals surface area contributed by atoms with E-state index in [1.165, 1.54) is 49.1 Å². The maximum absolute atomic E-state index is 6.53. The minimum atomic E-state index is 0.888. The van der Waals surface area contributed by atoms with Gasteiger partial charge < -0.3 is 13.9 Å². The molecule has 0 saturated heterocycles. The Bertz CT molecular complexity index is 3500. The monoisotopic (exact) mass is 752 g/mol. The number of rotatable bonds is 6. The fourth-order valence-electron chi connectivity index (χ4n) is 9.14. The molecule has 0 aliphatic heterocycles. The van der Waals surface area contributed by atoms with Gasteiger partial charge in [-0.25, -0.2) is 0 Å². The zero-order valence-corrected chi connectivity index (χ0v) is 32.1. The number of benzene rings is 10. The fourth-order valence-corrected chi connectivity index (χ4v) is 9.14. The number of aromatic nitrogens is 1. The molecule has 0 amide bonds. The lowest BCUT2D eigenvalue weighted by molar-refractivity contribution is 0.672. The van der Waals surface area contributed by atoms with Crippen LogP contribution in [0.15, 0.2) is 223 Å². The van der Waals surface area contributed by atoms with Gasteiger partial charge in [-0.15, -0.1) is 0 Å². The standard InChI is InChI=1S/C56H36N2O/c1-2-13-40-35-41(22-21-37(40)11-1)38-23-27-43(28-24-38)57(44-29-31-45(32-30-44)58-53-19-9-6-16-48(53)49-17-7-10-20-54(49)58)52-18-8-5-14-46(52)42-26-34-55-51(36-42)50-33-25-39-12-3-4-15-47(39)56(50)59-55/h1-36H. The van der Waals surface area contributed by atoms with Crippen LogP contribution in [0, 0.1) is 0 Å². The fraction of sp³-hybridized carbons (Fsp3) is 0. The van der Waals surface area contributed by atoms with Gasteiger partial charge in [0.25, 0.3) is 0 Å². The van der Waals surface area contributed by atoms with Crippen LogP contribution in [0.1, 0.15) is 0 Å². The summed E-state index contributed by atoms with van der Waals surface area (Å²) in [5, 5.41) is 9.54. The Labute approximate surface area is 341 Å². The van der Waals surface area contributed by atoms with E-state index in [0.29, 0.717) is 0 Å². The molecule has 0 saturated carbocycles. The quantitative estimate of drug-likeness (QED) is 0.169. The number of para-hydroxylation sites is 3. The van der Waals surface area contributed by atoms with Crippen LogP contribution in [0.3, 0.4) is 0 Å². The molecule has 0 aliphatic carbocycles. The third-order valence-electron chi connectivity index (χ3n) is 12.0. The van der Waals surface area contributed by atoms with E-state index in [2.05, 4.69) is 228 Å². The van der Waals surface area contributed by atoms with E-state index in [9.17, 15) is 0 Å². The van der Waals surface area contributed by atoms with Crippen LogP contribution in [0.2, 0.25) is 0 Å². The lowest BCUT2D eigenvalue weighted by atomic mass is 9.98. The maximum Gasteiger partial charge on any atom is 0.143 e. The second-order valence-electron chi connectivity index (χ2n) is 15.3. The Morgan fingerprint density at radius 3 is 1.69 bits per heavy atom. The van der Waals surface area contributed by atoms with Gasteiger partial charge in [-0.05, 0) is 112 Å². The zero-order chi connectivity index (χ0) is 38.9. The molecular formula is C56H36N2O. The van der Waals surface area contributed by atoms with Gasteiger partial charge in [-0.1, -0.05) is 140 Å². The second kappa shape index (κ2) is 13.4. The molecule has 276 valence electrons. The lowest BCUT2D eigenvalue weighted by Gasteiger charge is -2.28. The van der Waals surface area contributed by atoms with Crippen molar-refractivity contribution < 1.29 is 4.42 Å². The van der Waals surface area contributed by atoms with Crippen LogP contribution in [0.25, 0.3) is 93.2 Å². The minimum absolute atomic E-state index is 0.888. The van der Waals surface area contributed by atoms with Gasteiger partial charge in [-0.3, -0.25) is 0 Å². The maximum atomic E-state index is 6.53. The van der Waals surface area contributed by atoms with Gasteiger partial charge in [0.05, 0.1) is 16.7 Å². The van der Waals surface area contributed by atoms with Crippen molar-refractivity contribution in [1.82, 2.24) is 4.57 Å². The highest BCUT2D eigenvalue weighted by molar-refractivity contribution is 6.16. The van der Waals surface area contributed by atoms with Crippen LogP contribution in [-0.4, -0.2) is 4.57 Å². The highest BCUT2D eigenvalue weighted by Gasteiger charge is 2.20. The van der Waals surface area contributed by atoms with E-state index in [0.717, 1.165) is 61.2 Å². The summed E-state index contributed by atoms with van der Waals surface area (Å²) < 4.78 is 8.90. The number of furan rings is 1. The normalized spacial score (nSPS) is 11.7. The van der Waals surface area contributed by atoms with Crippen molar-refractivity contribution >= 4 is 82.4 Å². The minimum Gasteiger partial charge on any atom is -0.455 e. The van der Waals surface area contributed by atoms with Crippen molar-refractivity contribution in [2.24, 2.45) is 0 Å². The van der Waals surface area contributed by atoms with Crippen molar-refractivity contribution in [2.45, 2.75) is 0 Å². The highest BCUT2D eigenvalue weighted by Crippen LogP contribution is 2.44. The first-order valence-electron chi connectivity index (χ1n) is 20.2. The molecule has 0 aliphatic rings. The summed E-state index contributed by atoms with van der Waals surface area (Å²) in [6.07, 6.45) is 0. The number of hydrogen-bond acceptors (Lipinski definition) is 2. The Hall–Kier alpha value is -7.88. The predicted molar refractivity (Wildman–Crippen MR) is 249 cm³/mol. The van der Waals surface area contributed by atoms with E-state index in [4.69, 9.17) is 4.42 Å². The van der Waals surface area contributed by atoms with Crippen LogP contribution in [0.5, 0.6) is 0 Å². The smallest absolute Gasteiger partial charge is 0.143 e. The number of anilines is 3. The molecule has 0 atom stereocenters. The third kappa shape index (κ3) is 5.44. The average Bonchev–Trinajstić information content (AvgIpc) is 3.85. The summed E-state index contributed by atoms with van der Waals surface area (Å²) in [6.45, 7) is 0. The van der Waals surface area contributed by atoms with Crippen molar-refractivity contribution in [2.75, 3.05) is 4.90 Å².